The Kier molecular flexibility index (Phi) is 8.39. The summed E-state index contributed by atoms with van der Waals surface area (Å²) >= 11 is 4.86. The number of anilines is 2. The molecule has 184 valence electrons. The van der Waals surface area contributed by atoms with Crippen molar-refractivity contribution >= 4 is 40.5 Å². The molecule has 0 bridgehead atoms. The van der Waals surface area contributed by atoms with Gasteiger partial charge in [0.15, 0.2) is 5.82 Å². The van der Waals surface area contributed by atoms with Crippen molar-refractivity contribution in [2.45, 2.75) is 62.5 Å². The first-order chi connectivity index (χ1) is 16.5. The third kappa shape index (κ3) is 6.06. The summed E-state index contributed by atoms with van der Waals surface area (Å²) in [5.41, 5.74) is 0.867. The molecule has 1 aromatic heterocycles. The van der Waals surface area contributed by atoms with Crippen molar-refractivity contribution in [3.8, 4) is 5.75 Å². The lowest BCUT2D eigenvalue weighted by molar-refractivity contribution is -0.120. The summed E-state index contributed by atoms with van der Waals surface area (Å²) in [7, 11) is 1.65. The molecule has 1 fully saturated rings. The number of fused-ring (bicyclic) bond motifs is 1. The van der Waals surface area contributed by atoms with E-state index in [1.165, 1.54) is 0 Å². The molecule has 2 atom stereocenters. The van der Waals surface area contributed by atoms with Gasteiger partial charge in [0.1, 0.15) is 23.3 Å². The molecule has 2 aliphatic rings. The number of ether oxygens (including phenoxy) is 1. The molecule has 1 unspecified atom stereocenters. The first-order valence-corrected chi connectivity index (χ1v) is 13.6. The topological polar surface area (TPSA) is 102 Å². The highest BCUT2D eigenvalue weighted by Gasteiger charge is 2.34. The van der Waals surface area contributed by atoms with E-state index in [1.807, 2.05) is 24.3 Å². The van der Waals surface area contributed by atoms with Crippen LogP contribution < -0.4 is 20.3 Å². The van der Waals surface area contributed by atoms with E-state index in [0.29, 0.717) is 41.8 Å². The van der Waals surface area contributed by atoms with Crippen molar-refractivity contribution in [3.63, 3.8) is 0 Å². The number of nitrogens with one attached hydrogen (secondary N) is 2. The molecule has 4 rings (SSSR count). The van der Waals surface area contributed by atoms with Crippen LogP contribution >= 0.6 is 11.6 Å². The number of halogens is 1. The number of hydrogen-bond donors (Lipinski definition) is 2. The van der Waals surface area contributed by atoms with Gasteiger partial charge in [0.2, 0.25) is 16.8 Å². The second-order valence-corrected chi connectivity index (χ2v) is 10.6. The second kappa shape index (κ2) is 11.5. The van der Waals surface area contributed by atoms with E-state index >= 15 is 0 Å². The Labute approximate surface area is 209 Å². The van der Waals surface area contributed by atoms with Gasteiger partial charge in [-0.15, -0.1) is 0 Å². The van der Waals surface area contributed by atoms with Crippen LogP contribution in [0.25, 0.3) is 0 Å². The normalized spacial score (nSPS) is 18.9. The number of aryl methyl sites for hydroxylation is 1. The largest absolute Gasteiger partial charge is 0.611 e. The average molecular weight is 506 g/mol. The zero-order valence-electron chi connectivity index (χ0n) is 19.7. The molecule has 0 radical (unpaired) electrons. The van der Waals surface area contributed by atoms with Crippen LogP contribution in [0, 0.1) is 0 Å². The molecule has 0 spiro atoms. The molecule has 10 heteroatoms. The lowest BCUT2D eigenvalue weighted by Gasteiger charge is -2.32. The van der Waals surface area contributed by atoms with Crippen molar-refractivity contribution in [3.05, 3.63) is 35.0 Å². The molecule has 1 aromatic carbocycles. The maximum Gasteiger partial charge on any atom is 0.227 e. The maximum absolute atomic E-state index is 12.7. The van der Waals surface area contributed by atoms with E-state index in [2.05, 4.69) is 22.5 Å². The molecule has 2 aliphatic heterocycles. The zero-order valence-corrected chi connectivity index (χ0v) is 21.3. The molecule has 2 aromatic rings. The molecule has 34 heavy (non-hydrogen) atoms. The Morgan fingerprint density at radius 1 is 1.29 bits per heavy atom. The standard InChI is InChI=1S/C24H32ClN5O3S/c1-3-17(6-9-21(31)26-2)27-23-22-20(12-15-34(22)32)28-24(29-23)30-13-10-19(11-14-30)33-18-7-4-16(25)5-8-18/h4-5,7-8,17,19H,3,6,9-15H2,1-2H3,(H,26,31)(H,27,28,29)/t17-,34?/m1/s1. The first kappa shape index (κ1) is 24.9. The minimum Gasteiger partial charge on any atom is -0.611 e. The molecule has 0 aliphatic carbocycles. The van der Waals surface area contributed by atoms with Gasteiger partial charge in [0.25, 0.3) is 0 Å². The fourth-order valence-electron chi connectivity index (χ4n) is 4.30. The lowest BCUT2D eigenvalue weighted by Crippen LogP contribution is -2.39. The number of nitrogens with zero attached hydrogens (tertiary/aromatic N) is 3. The predicted molar refractivity (Wildman–Crippen MR) is 135 cm³/mol. The van der Waals surface area contributed by atoms with E-state index in [4.69, 9.17) is 26.3 Å². The van der Waals surface area contributed by atoms with Crippen molar-refractivity contribution < 1.29 is 14.1 Å². The summed E-state index contributed by atoms with van der Waals surface area (Å²) in [6.07, 6.45) is 4.51. The Morgan fingerprint density at radius 2 is 2.03 bits per heavy atom. The smallest absolute Gasteiger partial charge is 0.227 e. The number of carbonyl (C=O) groups excluding carboxylic acids is 1. The van der Waals surface area contributed by atoms with Crippen LogP contribution in [0.3, 0.4) is 0 Å². The van der Waals surface area contributed by atoms with Gasteiger partial charge in [-0.05, 0) is 48.3 Å². The molecule has 1 amide bonds. The highest BCUT2D eigenvalue weighted by molar-refractivity contribution is 7.91. The van der Waals surface area contributed by atoms with Crippen LogP contribution in [-0.4, -0.2) is 58.5 Å². The second-order valence-electron chi connectivity index (χ2n) is 8.67. The molecular weight excluding hydrogens is 474 g/mol. The Hall–Kier alpha value is -2.23. The third-order valence-corrected chi connectivity index (χ3v) is 8.06. The van der Waals surface area contributed by atoms with Gasteiger partial charge >= 0.3 is 0 Å². The van der Waals surface area contributed by atoms with Crippen molar-refractivity contribution in [1.29, 1.82) is 0 Å². The Bertz CT molecular complexity index is 985. The van der Waals surface area contributed by atoms with E-state index in [0.717, 1.165) is 48.7 Å². The van der Waals surface area contributed by atoms with Crippen LogP contribution in [0.2, 0.25) is 5.02 Å². The van der Waals surface area contributed by atoms with Crippen LogP contribution in [0.15, 0.2) is 29.2 Å². The lowest BCUT2D eigenvalue weighted by atomic mass is 10.1. The summed E-state index contributed by atoms with van der Waals surface area (Å²) in [5, 5.41) is 6.84. The summed E-state index contributed by atoms with van der Waals surface area (Å²) in [6, 6.07) is 7.53. The van der Waals surface area contributed by atoms with Gasteiger partial charge in [-0.25, -0.2) is 4.98 Å². The van der Waals surface area contributed by atoms with Crippen LogP contribution in [0.4, 0.5) is 11.8 Å². The quantitative estimate of drug-likeness (QED) is 0.502. The SMILES string of the molecule is CC[C@H](CCC(=O)NC)Nc1nc(N2CCC(Oc3ccc(Cl)cc3)CC2)nc2c1[S+]([O-])CC2. The fraction of sp³-hybridized carbons (Fsp3) is 0.542. The zero-order chi connectivity index (χ0) is 24.1. The Balaban J connectivity index is 1.44. The van der Waals surface area contributed by atoms with E-state index in [1.54, 1.807) is 7.05 Å². The third-order valence-electron chi connectivity index (χ3n) is 6.35. The van der Waals surface area contributed by atoms with Gasteiger partial charge in [0.05, 0.1) is 0 Å². The van der Waals surface area contributed by atoms with Crippen LogP contribution in [0.5, 0.6) is 5.75 Å². The summed E-state index contributed by atoms with van der Waals surface area (Å²) in [6.45, 7) is 3.65. The predicted octanol–water partition coefficient (Wildman–Crippen LogP) is 3.56. The number of rotatable bonds is 9. The number of aromatic nitrogens is 2. The number of benzene rings is 1. The molecule has 3 heterocycles. The molecule has 0 saturated carbocycles. The van der Waals surface area contributed by atoms with Crippen molar-refractivity contribution in [2.75, 3.05) is 36.1 Å². The van der Waals surface area contributed by atoms with Gasteiger partial charge in [-0.2, -0.15) is 4.98 Å². The van der Waals surface area contributed by atoms with Crippen molar-refractivity contribution in [1.82, 2.24) is 15.3 Å². The maximum atomic E-state index is 12.7. The Morgan fingerprint density at radius 3 is 2.71 bits per heavy atom. The van der Waals surface area contributed by atoms with Crippen molar-refractivity contribution in [2.24, 2.45) is 0 Å². The summed E-state index contributed by atoms with van der Waals surface area (Å²) < 4.78 is 18.8. The number of piperidine rings is 1. The highest BCUT2D eigenvalue weighted by Crippen LogP contribution is 2.34. The van der Waals surface area contributed by atoms with E-state index < -0.39 is 11.2 Å². The number of hydrogen-bond acceptors (Lipinski definition) is 7. The number of amides is 1. The fourth-order valence-corrected chi connectivity index (χ4v) is 5.74. The molecule has 1 saturated heterocycles. The molecule has 2 N–H and O–H groups in total. The van der Waals surface area contributed by atoms with Crippen LogP contribution in [0.1, 0.15) is 44.7 Å². The first-order valence-electron chi connectivity index (χ1n) is 11.9. The molecule has 8 nitrogen and oxygen atoms in total. The van der Waals surface area contributed by atoms with E-state index in [-0.39, 0.29) is 18.1 Å². The summed E-state index contributed by atoms with van der Waals surface area (Å²) in [4.78, 5) is 24.2. The highest BCUT2D eigenvalue weighted by atomic mass is 35.5. The van der Waals surface area contributed by atoms with E-state index in [9.17, 15) is 9.35 Å². The van der Waals surface area contributed by atoms with Gasteiger partial charge in [-0.1, -0.05) is 18.5 Å². The minimum atomic E-state index is -1.10. The number of carbonyl (C=O) groups is 1. The average Bonchev–Trinajstić information content (AvgIpc) is 3.24. The molecular formula is C24H32ClN5O3S. The van der Waals surface area contributed by atoms with Gasteiger partial charge < -0.3 is 24.8 Å². The van der Waals surface area contributed by atoms with Gasteiger partial charge in [-0.3, -0.25) is 4.79 Å². The van der Waals surface area contributed by atoms with Gasteiger partial charge in [0, 0.05) is 56.9 Å². The monoisotopic (exact) mass is 505 g/mol. The summed E-state index contributed by atoms with van der Waals surface area (Å²) in [5.74, 6) is 2.74. The minimum absolute atomic E-state index is 0.0149. The van der Waals surface area contributed by atoms with Crippen LogP contribution in [-0.2, 0) is 22.4 Å².